The summed E-state index contributed by atoms with van der Waals surface area (Å²) in [5.74, 6) is 2.09. The van der Waals surface area contributed by atoms with Gasteiger partial charge >= 0.3 is 0 Å². The van der Waals surface area contributed by atoms with Gasteiger partial charge in [0.25, 0.3) is 0 Å². The van der Waals surface area contributed by atoms with E-state index in [4.69, 9.17) is 41.7 Å². The maximum atomic E-state index is 6.50. The van der Waals surface area contributed by atoms with E-state index in [1.165, 1.54) is 230 Å². The van der Waals surface area contributed by atoms with Gasteiger partial charge in [0.15, 0.2) is 0 Å². The molecule has 520 valence electrons. The SMILES string of the molecule is CCCCCCCCCCCCCCCCCCN(CSP(=S)(OCC(CC)CCCC)OC(C)C)Cn1nnc2cc(C)ccc21.CCCCCCCCCCCCCCCCCCN(CSP(=S)(OCCCC)OCCCC)Cn1nnc2ccccc21. The molecule has 2 heterocycles. The van der Waals surface area contributed by atoms with Gasteiger partial charge in [-0.2, -0.15) is 0 Å². The van der Waals surface area contributed by atoms with Crippen LogP contribution in [-0.4, -0.2) is 90.6 Å². The van der Waals surface area contributed by atoms with E-state index in [0.717, 1.165) is 79.0 Å². The van der Waals surface area contributed by atoms with Gasteiger partial charge in [-0.05, 0) is 112 Å². The molecule has 2 aromatic carbocycles. The van der Waals surface area contributed by atoms with Gasteiger partial charge in [-0.25, -0.2) is 9.36 Å². The number of fused-ring (bicyclic) bond motifs is 2. The summed E-state index contributed by atoms with van der Waals surface area (Å²) in [6.07, 6.45) is 53.3. The quantitative estimate of drug-likeness (QED) is 0.0238. The molecule has 0 bridgehead atoms. The van der Waals surface area contributed by atoms with Crippen LogP contribution in [0.2, 0.25) is 0 Å². The predicted molar refractivity (Wildman–Crippen MR) is 403 cm³/mol. The number of unbranched alkanes of at least 4 members (excludes halogenated alkanes) is 33. The van der Waals surface area contributed by atoms with Crippen molar-refractivity contribution < 1.29 is 18.1 Å². The largest absolute Gasteiger partial charge is 0.322 e. The maximum Gasteiger partial charge on any atom is 0.248 e. The third kappa shape index (κ3) is 40.5. The Balaban J connectivity index is 0.000000472. The Morgan fingerprint density at radius 2 is 0.844 bits per heavy atom. The van der Waals surface area contributed by atoms with Gasteiger partial charge in [-0.1, -0.05) is 318 Å². The highest BCUT2D eigenvalue weighted by Gasteiger charge is 2.26. The zero-order valence-electron chi connectivity index (χ0n) is 59.1. The summed E-state index contributed by atoms with van der Waals surface area (Å²) in [6, 6.07) is 14.6. The summed E-state index contributed by atoms with van der Waals surface area (Å²) in [7, 11) is 0. The van der Waals surface area contributed by atoms with Crippen molar-refractivity contribution >= 4 is 79.8 Å². The molecule has 2 aromatic heterocycles. The molecule has 0 radical (unpaired) electrons. The molecule has 0 saturated heterocycles. The lowest BCUT2D eigenvalue weighted by Gasteiger charge is -2.29. The van der Waals surface area contributed by atoms with Crippen molar-refractivity contribution in [3.05, 3.63) is 48.0 Å². The van der Waals surface area contributed by atoms with Gasteiger partial charge in [0.1, 0.15) is 11.0 Å². The summed E-state index contributed by atoms with van der Waals surface area (Å²) >= 11 is 15.5. The standard InChI is InChI=1S/C38H71N4O2PS2.C34H63N4O2PS2/c1-7-10-12-13-14-15-16-17-18-19-20-21-22-23-24-25-29-41(32-42-38-28-27-35(6)30-37(38)39-40-42)33-47-45(46,44-34(4)5)43-31-36(9-3)26-11-8-2;1-4-7-10-11-12-13-14-15-16-17-18-19-20-21-22-25-28-37(31-38-34-27-24-23-26-33(34)35-36-38)32-43-41(42,39-29-8-5-2)40-30-9-6-3/h27-28,30,34,36H,7-26,29,31-33H2,1-6H3;23-24,26-27H,4-22,25,28-32H2,1-3H3. The number of hydrogen-bond acceptors (Lipinski definition) is 14. The Morgan fingerprint density at radius 1 is 0.456 bits per heavy atom. The van der Waals surface area contributed by atoms with Crippen LogP contribution >= 0.6 is 34.2 Å². The van der Waals surface area contributed by atoms with E-state index in [1.54, 1.807) is 22.8 Å². The lowest BCUT2D eigenvalue weighted by molar-refractivity contribution is 0.186. The van der Waals surface area contributed by atoms with Crippen LogP contribution in [0.1, 0.15) is 318 Å². The van der Waals surface area contributed by atoms with Crippen molar-refractivity contribution in [3.63, 3.8) is 0 Å². The second-order valence-corrected chi connectivity index (χ2v) is 38.5. The Hall–Kier alpha value is -1.00. The molecule has 0 aliphatic rings. The van der Waals surface area contributed by atoms with Crippen molar-refractivity contribution in [1.29, 1.82) is 0 Å². The van der Waals surface area contributed by atoms with Gasteiger partial charge in [-0.15, -0.1) is 10.2 Å². The van der Waals surface area contributed by atoms with Gasteiger partial charge in [0, 0.05) is 13.1 Å². The monoisotopic (exact) mass is 1360 g/mol. The Morgan fingerprint density at radius 3 is 1.27 bits per heavy atom. The highest BCUT2D eigenvalue weighted by Crippen LogP contribution is 2.63. The van der Waals surface area contributed by atoms with Crippen LogP contribution in [0.15, 0.2) is 42.5 Å². The van der Waals surface area contributed by atoms with Crippen molar-refractivity contribution in [2.75, 3.05) is 44.7 Å². The van der Waals surface area contributed by atoms with Gasteiger partial charge in [0.05, 0.1) is 62.0 Å². The lowest BCUT2D eigenvalue weighted by atomic mass is 10.0. The number of aromatic nitrogens is 6. The van der Waals surface area contributed by atoms with E-state index < -0.39 is 11.4 Å². The third-order valence-electron chi connectivity index (χ3n) is 17.1. The van der Waals surface area contributed by atoms with E-state index in [2.05, 4.69) is 123 Å². The molecule has 18 heteroatoms. The summed E-state index contributed by atoms with van der Waals surface area (Å²) in [6.45, 7) is 25.2. The summed E-state index contributed by atoms with van der Waals surface area (Å²) in [5.41, 5.74) is 0.377. The van der Waals surface area contributed by atoms with Crippen LogP contribution in [0.3, 0.4) is 0 Å². The number of hydrogen-bond donors (Lipinski definition) is 0. The molecule has 90 heavy (non-hydrogen) atoms. The second-order valence-electron chi connectivity index (χ2n) is 26.0. The number of rotatable bonds is 61. The summed E-state index contributed by atoms with van der Waals surface area (Å²) in [4.78, 5) is 4.91. The molecule has 0 N–H and O–H groups in total. The molecule has 0 aliphatic heterocycles. The summed E-state index contributed by atoms with van der Waals surface area (Å²) < 4.78 is 29.3. The number of nitrogens with zero attached hydrogens (tertiary/aromatic N) is 8. The molecule has 12 nitrogen and oxygen atoms in total. The molecule has 0 fully saturated rings. The van der Waals surface area contributed by atoms with Crippen LogP contribution < -0.4 is 0 Å². The first kappa shape index (κ1) is 83.2. The lowest BCUT2D eigenvalue weighted by Crippen LogP contribution is -2.28. The Labute approximate surface area is 571 Å². The fourth-order valence-corrected chi connectivity index (χ4v) is 20.1. The van der Waals surface area contributed by atoms with Crippen LogP contribution in [0.5, 0.6) is 0 Å². The molecular formula is C72H134N8O4P2S4. The molecular weight excluding hydrogens is 1230 g/mol. The first-order chi connectivity index (χ1) is 43.9. The molecule has 4 rings (SSSR count). The molecule has 0 saturated carbocycles. The van der Waals surface area contributed by atoms with Gasteiger partial charge < -0.3 is 18.1 Å². The number of para-hydroxylation sites is 1. The molecule has 0 spiro atoms. The van der Waals surface area contributed by atoms with E-state index >= 15 is 0 Å². The normalized spacial score (nSPS) is 13.2. The van der Waals surface area contributed by atoms with E-state index in [-0.39, 0.29) is 6.10 Å². The van der Waals surface area contributed by atoms with Gasteiger partial charge in [-0.3, -0.25) is 9.80 Å². The van der Waals surface area contributed by atoms with E-state index in [1.807, 2.05) is 21.5 Å². The highest BCUT2D eigenvalue weighted by molar-refractivity contribution is 8.68. The molecule has 2 unspecified atom stereocenters. The molecule has 2 atom stereocenters. The van der Waals surface area contributed by atoms with Crippen LogP contribution in [0.4, 0.5) is 0 Å². The van der Waals surface area contributed by atoms with Gasteiger partial charge in [0.2, 0.25) is 11.4 Å². The predicted octanol–water partition coefficient (Wildman–Crippen LogP) is 24.3. The van der Waals surface area contributed by atoms with Crippen LogP contribution in [0.25, 0.3) is 22.1 Å². The minimum absolute atomic E-state index is 0.0420. The fraction of sp³-hybridized carbons (Fsp3) is 0.833. The van der Waals surface area contributed by atoms with Crippen molar-refractivity contribution in [3.8, 4) is 0 Å². The molecule has 0 aliphatic carbocycles. The topological polar surface area (TPSA) is 105 Å². The zero-order chi connectivity index (χ0) is 65.0. The second kappa shape index (κ2) is 55.0. The first-order valence-corrected chi connectivity index (χ1v) is 45.5. The smallest absolute Gasteiger partial charge is 0.248 e. The minimum atomic E-state index is -2.49. The van der Waals surface area contributed by atoms with Crippen molar-refractivity contribution in [2.45, 2.75) is 339 Å². The number of benzene rings is 2. The first-order valence-electron chi connectivity index (χ1n) is 37.1. The van der Waals surface area contributed by atoms with E-state index in [9.17, 15) is 0 Å². The molecule has 0 amide bonds. The molecule has 4 aromatic rings. The van der Waals surface area contributed by atoms with E-state index in [0.29, 0.717) is 39.1 Å². The third-order valence-corrected chi connectivity index (χ3v) is 27.7. The van der Waals surface area contributed by atoms with Crippen LogP contribution in [-0.2, 0) is 55.0 Å². The zero-order valence-corrected chi connectivity index (χ0v) is 64.1. The van der Waals surface area contributed by atoms with Crippen molar-refractivity contribution in [1.82, 2.24) is 39.8 Å². The average molecular weight is 1370 g/mol. The Kier molecular flexibility index (Phi) is 50.9. The maximum absolute atomic E-state index is 6.50. The Bertz CT molecular complexity index is 2390. The van der Waals surface area contributed by atoms with Crippen LogP contribution in [0, 0.1) is 12.8 Å². The minimum Gasteiger partial charge on any atom is -0.322 e. The number of aryl methyl sites for hydroxylation is 1. The average Bonchev–Trinajstić information content (AvgIpc) is 1.83. The van der Waals surface area contributed by atoms with Crippen molar-refractivity contribution in [2.24, 2.45) is 5.92 Å². The fourth-order valence-electron chi connectivity index (χ4n) is 11.2. The summed E-state index contributed by atoms with van der Waals surface area (Å²) in [5, 5.41) is 17.8. The highest BCUT2D eigenvalue weighted by atomic mass is 32.9.